The second-order valence-corrected chi connectivity index (χ2v) is 8.55. The number of benzene rings is 2. The van der Waals surface area contributed by atoms with Crippen molar-refractivity contribution in [2.75, 3.05) is 19.5 Å². The Morgan fingerprint density at radius 2 is 1.31 bits per heavy atom. The fourth-order valence-electron chi connectivity index (χ4n) is 3.36. The van der Waals surface area contributed by atoms with Crippen LogP contribution in [0, 0.1) is 6.08 Å². The molecular formula is C21H25Cl3HfP-. The molecule has 26 heavy (non-hydrogen) atoms. The van der Waals surface area contributed by atoms with E-state index < -0.39 is 0 Å². The zero-order chi connectivity index (χ0) is 15.4. The van der Waals surface area contributed by atoms with E-state index in [4.69, 9.17) is 0 Å². The van der Waals surface area contributed by atoms with Crippen LogP contribution >= 0.6 is 45.1 Å². The van der Waals surface area contributed by atoms with Crippen LogP contribution in [0.5, 0.6) is 0 Å². The third-order valence-corrected chi connectivity index (χ3v) is 5.35. The van der Waals surface area contributed by atoms with E-state index in [1.807, 2.05) is 0 Å². The summed E-state index contributed by atoms with van der Waals surface area (Å²) < 4.78 is 0. The molecule has 2 aromatic carbocycles. The average molecular weight is 593 g/mol. The van der Waals surface area contributed by atoms with E-state index in [2.05, 4.69) is 92.2 Å². The molecule has 0 aromatic heterocycles. The molecule has 0 bridgehead atoms. The Labute approximate surface area is 196 Å². The monoisotopic (exact) mass is 593 g/mol. The van der Waals surface area contributed by atoms with Gasteiger partial charge in [0.2, 0.25) is 0 Å². The Morgan fingerprint density at radius 1 is 0.846 bits per heavy atom. The average Bonchev–Trinajstić information content (AvgIpc) is 3.09. The summed E-state index contributed by atoms with van der Waals surface area (Å²) in [6, 6.07) is 21.9. The minimum atomic E-state index is -0.0648. The summed E-state index contributed by atoms with van der Waals surface area (Å²) >= 11 is 0. The van der Waals surface area contributed by atoms with Crippen LogP contribution in [0.2, 0.25) is 0 Å². The van der Waals surface area contributed by atoms with Gasteiger partial charge in [0.25, 0.3) is 0 Å². The van der Waals surface area contributed by atoms with Gasteiger partial charge in [0.1, 0.15) is 0 Å². The molecule has 1 aliphatic carbocycles. The largest absolute Gasteiger partial charge is 0.268 e. The van der Waals surface area contributed by atoms with Crippen molar-refractivity contribution >= 4 is 45.1 Å². The van der Waals surface area contributed by atoms with Gasteiger partial charge in [-0.3, -0.25) is 6.08 Å². The molecule has 0 saturated carbocycles. The maximum atomic E-state index is 3.62. The first-order chi connectivity index (χ1) is 10.7. The fourth-order valence-corrected chi connectivity index (χ4v) is 4.85. The van der Waals surface area contributed by atoms with Crippen molar-refractivity contribution in [1.29, 1.82) is 0 Å². The summed E-state index contributed by atoms with van der Waals surface area (Å²) in [4.78, 5) is 0. The Morgan fingerprint density at radius 3 is 1.65 bits per heavy atom. The molecule has 5 heteroatoms. The molecule has 140 valence electrons. The Kier molecular flexibility index (Phi) is 14.5. The van der Waals surface area contributed by atoms with Crippen molar-refractivity contribution in [3.8, 4) is 0 Å². The molecule has 0 heterocycles. The number of rotatable bonds is 5. The van der Waals surface area contributed by atoms with Crippen LogP contribution in [-0.4, -0.2) is 19.5 Å². The van der Waals surface area contributed by atoms with Crippen LogP contribution in [-0.2, 0) is 31.3 Å². The molecule has 3 rings (SSSR count). The van der Waals surface area contributed by atoms with E-state index in [0.29, 0.717) is 0 Å². The minimum absolute atomic E-state index is 0. The number of halogens is 3. The molecule has 1 aliphatic rings. The maximum absolute atomic E-state index is 3.62. The van der Waals surface area contributed by atoms with E-state index in [0.717, 1.165) is 12.6 Å². The molecule has 2 aromatic rings. The van der Waals surface area contributed by atoms with Gasteiger partial charge in [-0.05, 0) is 30.6 Å². The van der Waals surface area contributed by atoms with Crippen LogP contribution in [0.1, 0.15) is 17.5 Å². The summed E-state index contributed by atoms with van der Waals surface area (Å²) in [7, 11) is -0.0465. The minimum Gasteiger partial charge on any atom is -0.268 e. The van der Waals surface area contributed by atoms with Crippen molar-refractivity contribution < 1.29 is 25.8 Å². The summed E-state index contributed by atoms with van der Waals surface area (Å²) in [6.45, 7) is 4.74. The van der Waals surface area contributed by atoms with Crippen molar-refractivity contribution in [3.63, 3.8) is 0 Å². The summed E-state index contributed by atoms with van der Waals surface area (Å²) in [5.74, 6) is 0. The van der Waals surface area contributed by atoms with E-state index in [1.165, 1.54) is 16.7 Å². The topological polar surface area (TPSA) is 0 Å². The van der Waals surface area contributed by atoms with Crippen LogP contribution in [0.15, 0.2) is 78.4 Å². The molecule has 0 saturated heterocycles. The first-order valence-electron chi connectivity index (χ1n) is 7.77. The molecule has 0 amide bonds. The second kappa shape index (κ2) is 13.3. The zero-order valence-electron chi connectivity index (χ0n) is 15.0. The molecule has 0 aliphatic heterocycles. The molecule has 0 nitrogen and oxygen atoms in total. The first kappa shape index (κ1) is 28.3. The van der Waals surface area contributed by atoms with E-state index in [9.17, 15) is 0 Å². The first-order valence-corrected chi connectivity index (χ1v) is 10.2. The summed E-state index contributed by atoms with van der Waals surface area (Å²) in [5.41, 5.74) is 4.03. The predicted molar refractivity (Wildman–Crippen MR) is 120 cm³/mol. The molecule has 0 N–H and O–H groups in total. The van der Waals surface area contributed by atoms with Gasteiger partial charge in [0.15, 0.2) is 0 Å². The SMILES string of the molecule is CP(C)CC(C1=[C-]CC=C1)(c1ccccc1)c1ccccc1.Cl.Cl.Cl.[Hf]. The van der Waals surface area contributed by atoms with Crippen LogP contribution < -0.4 is 0 Å². The normalized spacial score (nSPS) is 12.2. The molecule has 0 fully saturated rings. The standard InChI is InChI=1S/C21H22P.3ClH.Hf/c1-22(2)17-21(20-15-9-10-16-20,18-11-5-3-6-12-18)19-13-7-4-8-14-19;;;;/h3-9,11-15H,10,17H2,1-2H3;3*1H;/q-1;;;;. The molecule has 0 atom stereocenters. The Balaban J connectivity index is 0. The third-order valence-electron chi connectivity index (χ3n) is 4.24. The van der Waals surface area contributed by atoms with Gasteiger partial charge in [-0.2, -0.15) is 6.08 Å². The Bertz CT molecular complexity index is 645. The number of hydrogen-bond donors (Lipinski definition) is 0. The Hall–Kier alpha value is 0.0901. The second-order valence-electron chi connectivity index (χ2n) is 6.07. The molecule has 0 radical (unpaired) electrons. The molecule has 0 unspecified atom stereocenters. The number of allylic oxidation sites excluding steroid dienone is 4. The molecule has 0 spiro atoms. The third kappa shape index (κ3) is 6.05. The van der Waals surface area contributed by atoms with Crippen LogP contribution in [0.4, 0.5) is 0 Å². The quantitative estimate of drug-likeness (QED) is 0.207. The maximum Gasteiger partial charge on any atom is 0.0160 e. The fraction of sp³-hybridized carbons (Fsp3) is 0.238. The van der Waals surface area contributed by atoms with E-state index in [1.54, 1.807) is 0 Å². The smallest absolute Gasteiger partial charge is 0.0160 e. The van der Waals surface area contributed by atoms with Crippen LogP contribution in [0.3, 0.4) is 0 Å². The van der Waals surface area contributed by atoms with Crippen LogP contribution in [0.25, 0.3) is 0 Å². The van der Waals surface area contributed by atoms with Gasteiger partial charge in [-0.25, -0.2) is 11.6 Å². The van der Waals surface area contributed by atoms with Crippen molar-refractivity contribution in [1.82, 2.24) is 0 Å². The van der Waals surface area contributed by atoms with E-state index >= 15 is 0 Å². The van der Waals surface area contributed by atoms with Gasteiger partial charge < -0.3 is 0 Å². The summed E-state index contributed by atoms with van der Waals surface area (Å²) in [6.07, 6.45) is 10.2. The van der Waals surface area contributed by atoms with Crippen molar-refractivity contribution in [2.24, 2.45) is 0 Å². The number of hydrogen-bond acceptors (Lipinski definition) is 0. The molecular weight excluding hydrogens is 568 g/mol. The van der Waals surface area contributed by atoms with Gasteiger partial charge in [-0.1, -0.05) is 60.7 Å². The van der Waals surface area contributed by atoms with Gasteiger partial charge >= 0.3 is 0 Å². The van der Waals surface area contributed by atoms with Gasteiger partial charge in [-0.15, -0.1) is 51.6 Å². The van der Waals surface area contributed by atoms with Gasteiger partial charge in [0.05, 0.1) is 0 Å². The van der Waals surface area contributed by atoms with Crippen molar-refractivity contribution in [3.05, 3.63) is 95.6 Å². The van der Waals surface area contributed by atoms with E-state index in [-0.39, 0.29) is 76.4 Å². The van der Waals surface area contributed by atoms with Crippen molar-refractivity contribution in [2.45, 2.75) is 11.8 Å². The predicted octanol–water partition coefficient (Wildman–Crippen LogP) is 6.67. The zero-order valence-corrected chi connectivity index (χ0v) is 22.0. The summed E-state index contributed by atoms with van der Waals surface area (Å²) in [5, 5.41) is 0. The van der Waals surface area contributed by atoms with Gasteiger partial charge in [0, 0.05) is 31.3 Å².